The summed E-state index contributed by atoms with van der Waals surface area (Å²) < 4.78 is 0. The molecule has 1 N–H and O–H groups in total. The number of nitrogens with zero attached hydrogens (tertiary/aromatic N) is 3. The minimum absolute atomic E-state index is 0.105. The number of thiophene rings is 1. The molecule has 0 saturated heterocycles. The van der Waals surface area contributed by atoms with Gasteiger partial charge in [0.1, 0.15) is 0 Å². The second-order valence-corrected chi connectivity index (χ2v) is 6.34. The first kappa shape index (κ1) is 13.7. The van der Waals surface area contributed by atoms with E-state index in [1.807, 2.05) is 31.2 Å². The standard InChI is InChI=1S/C13H10N4O2S2/c1-8-2-4-9(5-3-8)14-13-16-15-12(21-13)10-6-7-11(20-10)17(18)19/h2-7H,1H3,(H,14,16). The lowest BCUT2D eigenvalue weighted by atomic mass is 10.2. The lowest BCUT2D eigenvalue weighted by Gasteiger charge is -2.01. The molecule has 2 heterocycles. The first-order valence-electron chi connectivity index (χ1n) is 6.03. The second kappa shape index (κ2) is 5.58. The van der Waals surface area contributed by atoms with E-state index in [2.05, 4.69) is 15.5 Å². The summed E-state index contributed by atoms with van der Waals surface area (Å²) in [6, 6.07) is 11.1. The molecule has 3 rings (SSSR count). The van der Waals surface area contributed by atoms with Crippen LogP contribution in [0.3, 0.4) is 0 Å². The molecule has 8 heteroatoms. The van der Waals surface area contributed by atoms with Crippen molar-refractivity contribution in [2.75, 3.05) is 5.32 Å². The molecular weight excluding hydrogens is 308 g/mol. The van der Waals surface area contributed by atoms with Crippen LogP contribution < -0.4 is 5.32 Å². The van der Waals surface area contributed by atoms with E-state index in [1.165, 1.54) is 23.0 Å². The van der Waals surface area contributed by atoms with E-state index >= 15 is 0 Å². The molecule has 0 spiro atoms. The van der Waals surface area contributed by atoms with Gasteiger partial charge in [0.05, 0.1) is 9.80 Å². The van der Waals surface area contributed by atoms with Gasteiger partial charge in [-0.05, 0) is 25.1 Å². The van der Waals surface area contributed by atoms with E-state index in [0.717, 1.165) is 21.9 Å². The van der Waals surface area contributed by atoms with Crippen molar-refractivity contribution in [3.05, 3.63) is 52.1 Å². The molecule has 1 aromatic carbocycles. The Morgan fingerprint density at radius 1 is 1.10 bits per heavy atom. The third kappa shape index (κ3) is 3.06. The van der Waals surface area contributed by atoms with Gasteiger partial charge in [0, 0.05) is 11.8 Å². The molecule has 0 bridgehead atoms. The largest absolute Gasteiger partial charge is 0.330 e. The fraction of sp³-hybridized carbons (Fsp3) is 0.0769. The topological polar surface area (TPSA) is 81.0 Å². The SMILES string of the molecule is Cc1ccc(Nc2nnc(-c3ccc([N+](=O)[O-])s3)s2)cc1. The van der Waals surface area contributed by atoms with Crippen molar-refractivity contribution in [2.24, 2.45) is 0 Å². The zero-order valence-corrected chi connectivity index (χ0v) is 12.6. The highest BCUT2D eigenvalue weighted by atomic mass is 32.1. The number of hydrogen-bond acceptors (Lipinski definition) is 7. The summed E-state index contributed by atoms with van der Waals surface area (Å²) in [7, 11) is 0. The Bertz CT molecular complexity index is 780. The fourth-order valence-electron chi connectivity index (χ4n) is 1.67. The van der Waals surface area contributed by atoms with Gasteiger partial charge in [-0.25, -0.2) is 0 Å². The van der Waals surface area contributed by atoms with E-state index in [0.29, 0.717) is 10.1 Å². The molecule has 3 aromatic rings. The Labute approximate surface area is 128 Å². The third-order valence-electron chi connectivity index (χ3n) is 2.71. The smallest absolute Gasteiger partial charge is 0.324 e. The Morgan fingerprint density at radius 2 is 1.86 bits per heavy atom. The zero-order chi connectivity index (χ0) is 14.8. The highest BCUT2D eigenvalue weighted by Crippen LogP contribution is 2.35. The van der Waals surface area contributed by atoms with Crippen molar-refractivity contribution in [1.82, 2.24) is 10.2 Å². The van der Waals surface area contributed by atoms with Crippen LogP contribution >= 0.6 is 22.7 Å². The maximum Gasteiger partial charge on any atom is 0.324 e. The van der Waals surface area contributed by atoms with Crippen LogP contribution in [0.4, 0.5) is 15.8 Å². The van der Waals surface area contributed by atoms with Gasteiger partial charge in [-0.15, -0.1) is 10.2 Å². The molecule has 0 fully saturated rings. The van der Waals surface area contributed by atoms with Crippen LogP contribution in [-0.2, 0) is 0 Å². The minimum Gasteiger partial charge on any atom is -0.330 e. The maximum atomic E-state index is 10.7. The number of anilines is 2. The van der Waals surface area contributed by atoms with E-state index in [1.54, 1.807) is 6.07 Å². The van der Waals surface area contributed by atoms with Gasteiger partial charge >= 0.3 is 5.00 Å². The van der Waals surface area contributed by atoms with Crippen molar-refractivity contribution >= 4 is 38.5 Å². The summed E-state index contributed by atoms with van der Waals surface area (Å²) in [5.74, 6) is 0. The first-order chi connectivity index (χ1) is 10.1. The van der Waals surface area contributed by atoms with Gasteiger partial charge in [0.2, 0.25) is 5.13 Å². The highest BCUT2D eigenvalue weighted by molar-refractivity contribution is 7.24. The van der Waals surface area contributed by atoms with Crippen molar-refractivity contribution in [3.8, 4) is 9.88 Å². The molecule has 106 valence electrons. The van der Waals surface area contributed by atoms with Crippen LogP contribution in [-0.4, -0.2) is 15.1 Å². The Balaban J connectivity index is 1.79. The number of rotatable bonds is 4. The number of hydrogen-bond donors (Lipinski definition) is 1. The maximum absolute atomic E-state index is 10.7. The van der Waals surface area contributed by atoms with Crippen LogP contribution in [0.5, 0.6) is 0 Å². The predicted molar refractivity (Wildman–Crippen MR) is 84.3 cm³/mol. The first-order valence-corrected chi connectivity index (χ1v) is 7.67. The molecule has 2 aromatic heterocycles. The number of nitro groups is 1. The summed E-state index contributed by atoms with van der Waals surface area (Å²) >= 11 is 2.46. The van der Waals surface area contributed by atoms with E-state index < -0.39 is 4.92 Å². The number of benzene rings is 1. The summed E-state index contributed by atoms with van der Waals surface area (Å²) in [6.45, 7) is 2.02. The summed E-state index contributed by atoms with van der Waals surface area (Å²) in [4.78, 5) is 11.0. The van der Waals surface area contributed by atoms with Crippen LogP contribution in [0.1, 0.15) is 5.56 Å². The minimum atomic E-state index is -0.402. The van der Waals surface area contributed by atoms with Crippen LogP contribution in [0.25, 0.3) is 9.88 Å². The summed E-state index contributed by atoms with van der Waals surface area (Å²) in [5.41, 5.74) is 2.12. The molecule has 0 radical (unpaired) electrons. The second-order valence-electron chi connectivity index (χ2n) is 4.30. The molecule has 0 amide bonds. The van der Waals surface area contributed by atoms with Crippen molar-refractivity contribution in [2.45, 2.75) is 6.92 Å². The average molecular weight is 318 g/mol. The van der Waals surface area contributed by atoms with Crippen molar-refractivity contribution in [1.29, 1.82) is 0 Å². The lowest BCUT2D eigenvalue weighted by molar-refractivity contribution is -0.380. The molecule has 0 aliphatic heterocycles. The van der Waals surface area contributed by atoms with Gasteiger partial charge in [-0.3, -0.25) is 10.1 Å². The molecule has 0 unspecified atom stereocenters. The number of aromatic nitrogens is 2. The highest BCUT2D eigenvalue weighted by Gasteiger charge is 2.14. The Morgan fingerprint density at radius 3 is 2.52 bits per heavy atom. The predicted octanol–water partition coefficient (Wildman–Crippen LogP) is 4.23. The van der Waals surface area contributed by atoms with Crippen LogP contribution in [0, 0.1) is 17.0 Å². The number of nitrogens with one attached hydrogen (secondary N) is 1. The molecule has 6 nitrogen and oxygen atoms in total. The summed E-state index contributed by atoms with van der Waals surface area (Å²) in [5, 5.41) is 23.4. The lowest BCUT2D eigenvalue weighted by Crippen LogP contribution is -1.88. The van der Waals surface area contributed by atoms with Crippen molar-refractivity contribution in [3.63, 3.8) is 0 Å². The normalized spacial score (nSPS) is 10.5. The summed E-state index contributed by atoms with van der Waals surface area (Å²) in [6.07, 6.45) is 0. The Hall–Kier alpha value is -2.32. The van der Waals surface area contributed by atoms with Gasteiger partial charge in [0.25, 0.3) is 0 Å². The van der Waals surface area contributed by atoms with Gasteiger partial charge in [0.15, 0.2) is 5.01 Å². The average Bonchev–Trinajstić information content (AvgIpc) is 3.10. The van der Waals surface area contributed by atoms with Gasteiger partial charge < -0.3 is 5.32 Å². The van der Waals surface area contributed by atoms with Crippen LogP contribution in [0.2, 0.25) is 0 Å². The fourth-order valence-corrected chi connectivity index (χ4v) is 3.31. The number of aryl methyl sites for hydroxylation is 1. The van der Waals surface area contributed by atoms with E-state index in [9.17, 15) is 10.1 Å². The molecular formula is C13H10N4O2S2. The third-order valence-corrected chi connectivity index (χ3v) is 4.76. The monoisotopic (exact) mass is 318 g/mol. The van der Waals surface area contributed by atoms with Crippen molar-refractivity contribution < 1.29 is 4.92 Å². The molecule has 0 saturated carbocycles. The quantitative estimate of drug-likeness (QED) is 0.575. The molecule has 0 aliphatic carbocycles. The van der Waals surface area contributed by atoms with Crippen LogP contribution in [0.15, 0.2) is 36.4 Å². The van der Waals surface area contributed by atoms with E-state index in [-0.39, 0.29) is 5.00 Å². The molecule has 0 aliphatic rings. The zero-order valence-electron chi connectivity index (χ0n) is 10.9. The molecule has 21 heavy (non-hydrogen) atoms. The van der Waals surface area contributed by atoms with Gasteiger partial charge in [-0.1, -0.05) is 40.4 Å². The Kier molecular flexibility index (Phi) is 3.63. The molecule has 0 atom stereocenters. The van der Waals surface area contributed by atoms with Gasteiger partial charge in [-0.2, -0.15) is 0 Å². The van der Waals surface area contributed by atoms with E-state index in [4.69, 9.17) is 0 Å².